The first-order valence-corrected chi connectivity index (χ1v) is 4.29. The van der Waals surface area contributed by atoms with E-state index >= 15 is 0 Å². The molecule has 0 radical (unpaired) electrons. The summed E-state index contributed by atoms with van der Waals surface area (Å²) in [7, 11) is 0. The molecule has 4 nitrogen and oxygen atoms in total. The molecule has 0 bridgehead atoms. The van der Waals surface area contributed by atoms with Gasteiger partial charge in [0.2, 0.25) is 0 Å². The number of hydrazone groups is 1. The summed E-state index contributed by atoms with van der Waals surface area (Å²) in [6, 6.07) is 3.97. The monoisotopic (exact) mass is 176 g/mol. The largest absolute Gasteiger partial charge is 0.386 e. The second kappa shape index (κ2) is 3.05. The first-order chi connectivity index (χ1) is 6.25. The Morgan fingerprint density at radius 3 is 3.00 bits per heavy atom. The van der Waals surface area contributed by atoms with Crippen LogP contribution < -0.4 is 10.7 Å². The predicted octanol–water partition coefficient (Wildman–Crippen LogP) is 0.872. The van der Waals surface area contributed by atoms with E-state index in [9.17, 15) is 0 Å². The van der Waals surface area contributed by atoms with E-state index in [0.29, 0.717) is 5.84 Å². The van der Waals surface area contributed by atoms with Crippen LogP contribution >= 0.6 is 0 Å². The molecule has 1 aromatic heterocycles. The van der Waals surface area contributed by atoms with Crippen LogP contribution in [0.2, 0.25) is 0 Å². The normalized spacial score (nSPS) is 16.1. The summed E-state index contributed by atoms with van der Waals surface area (Å²) < 4.78 is 0. The van der Waals surface area contributed by atoms with Crippen molar-refractivity contribution in [2.24, 2.45) is 10.8 Å². The number of aromatic nitrogens is 1. The molecule has 2 rings (SSSR count). The van der Waals surface area contributed by atoms with Crippen molar-refractivity contribution in [3.8, 4) is 0 Å². The molecule has 0 aliphatic carbocycles. The SMILES string of the molecule is Cc1ccnc(N2CCC(N)=N2)c1. The summed E-state index contributed by atoms with van der Waals surface area (Å²) in [6.45, 7) is 2.87. The van der Waals surface area contributed by atoms with Crippen LogP contribution in [0.3, 0.4) is 0 Å². The number of hydrogen-bond acceptors (Lipinski definition) is 4. The van der Waals surface area contributed by atoms with Gasteiger partial charge in [0.25, 0.3) is 0 Å². The third-order valence-corrected chi connectivity index (χ3v) is 1.99. The number of nitrogens with two attached hydrogens (primary N) is 1. The Morgan fingerprint density at radius 2 is 2.38 bits per heavy atom. The van der Waals surface area contributed by atoms with Gasteiger partial charge in [0.1, 0.15) is 11.7 Å². The highest BCUT2D eigenvalue weighted by molar-refractivity contribution is 5.83. The topological polar surface area (TPSA) is 54.5 Å². The highest BCUT2D eigenvalue weighted by Crippen LogP contribution is 2.15. The van der Waals surface area contributed by atoms with Crippen LogP contribution in [-0.4, -0.2) is 17.4 Å². The van der Waals surface area contributed by atoms with Crippen molar-refractivity contribution in [3.63, 3.8) is 0 Å². The third kappa shape index (κ3) is 1.61. The summed E-state index contributed by atoms with van der Waals surface area (Å²) >= 11 is 0. The maximum atomic E-state index is 5.58. The number of nitrogens with zero attached hydrogens (tertiary/aromatic N) is 3. The fourth-order valence-electron chi connectivity index (χ4n) is 1.30. The lowest BCUT2D eigenvalue weighted by atomic mass is 10.3. The van der Waals surface area contributed by atoms with Crippen LogP contribution in [0.1, 0.15) is 12.0 Å². The first-order valence-electron chi connectivity index (χ1n) is 4.29. The average molecular weight is 176 g/mol. The van der Waals surface area contributed by atoms with E-state index in [2.05, 4.69) is 10.1 Å². The molecule has 1 aliphatic rings. The smallest absolute Gasteiger partial charge is 0.149 e. The maximum absolute atomic E-state index is 5.58. The van der Waals surface area contributed by atoms with E-state index < -0.39 is 0 Å². The lowest BCUT2D eigenvalue weighted by Gasteiger charge is -2.11. The van der Waals surface area contributed by atoms with E-state index in [0.717, 1.165) is 18.8 Å². The minimum Gasteiger partial charge on any atom is -0.386 e. The Morgan fingerprint density at radius 1 is 1.54 bits per heavy atom. The summed E-state index contributed by atoms with van der Waals surface area (Å²) in [4.78, 5) is 4.22. The second-order valence-corrected chi connectivity index (χ2v) is 3.16. The molecule has 0 unspecified atom stereocenters. The quantitative estimate of drug-likeness (QED) is 0.690. The van der Waals surface area contributed by atoms with Gasteiger partial charge in [-0.1, -0.05) is 0 Å². The van der Waals surface area contributed by atoms with Crippen molar-refractivity contribution >= 4 is 11.7 Å². The molecule has 0 amide bonds. The van der Waals surface area contributed by atoms with Gasteiger partial charge in [0.15, 0.2) is 0 Å². The van der Waals surface area contributed by atoms with E-state index in [1.54, 1.807) is 6.20 Å². The van der Waals surface area contributed by atoms with Gasteiger partial charge in [-0.05, 0) is 24.6 Å². The van der Waals surface area contributed by atoms with Gasteiger partial charge in [-0.3, -0.25) is 0 Å². The zero-order valence-electron chi connectivity index (χ0n) is 7.57. The highest BCUT2D eigenvalue weighted by atomic mass is 15.5. The first kappa shape index (κ1) is 8.04. The van der Waals surface area contributed by atoms with E-state index in [-0.39, 0.29) is 0 Å². The number of anilines is 1. The minimum absolute atomic E-state index is 0.684. The molecule has 0 fully saturated rings. The van der Waals surface area contributed by atoms with Crippen molar-refractivity contribution in [3.05, 3.63) is 23.9 Å². The van der Waals surface area contributed by atoms with Crippen LogP contribution in [0.25, 0.3) is 0 Å². The van der Waals surface area contributed by atoms with E-state index in [4.69, 9.17) is 5.73 Å². The minimum atomic E-state index is 0.684. The molecule has 1 aliphatic heterocycles. The van der Waals surface area contributed by atoms with Crippen LogP contribution in [0.15, 0.2) is 23.4 Å². The molecular formula is C9H12N4. The van der Waals surface area contributed by atoms with Gasteiger partial charge in [-0.15, -0.1) is 0 Å². The molecule has 2 heterocycles. The molecule has 0 aromatic carbocycles. The lowest BCUT2D eigenvalue weighted by Crippen LogP contribution is -2.13. The number of pyridine rings is 1. The van der Waals surface area contributed by atoms with E-state index in [1.807, 2.05) is 24.1 Å². The summed E-state index contributed by atoms with van der Waals surface area (Å²) in [6.07, 6.45) is 2.62. The van der Waals surface area contributed by atoms with E-state index in [1.165, 1.54) is 5.56 Å². The molecule has 0 atom stereocenters. The number of rotatable bonds is 1. The van der Waals surface area contributed by atoms with Crippen molar-refractivity contribution in [2.75, 3.05) is 11.6 Å². The predicted molar refractivity (Wildman–Crippen MR) is 52.6 cm³/mol. The molecule has 4 heteroatoms. The Labute approximate surface area is 77.1 Å². The molecule has 0 saturated carbocycles. The molecule has 1 aromatic rings. The summed E-state index contributed by atoms with van der Waals surface area (Å²) in [5, 5.41) is 6.00. The molecule has 2 N–H and O–H groups in total. The molecular weight excluding hydrogens is 164 g/mol. The van der Waals surface area contributed by atoms with Crippen LogP contribution in [0, 0.1) is 6.92 Å². The zero-order valence-corrected chi connectivity index (χ0v) is 7.57. The van der Waals surface area contributed by atoms with Gasteiger partial charge in [-0.25, -0.2) is 9.99 Å². The van der Waals surface area contributed by atoms with Crippen LogP contribution in [-0.2, 0) is 0 Å². The summed E-state index contributed by atoms with van der Waals surface area (Å²) in [5.41, 5.74) is 6.77. The number of amidine groups is 1. The van der Waals surface area contributed by atoms with Crippen molar-refractivity contribution in [2.45, 2.75) is 13.3 Å². The average Bonchev–Trinajstić information content (AvgIpc) is 2.52. The second-order valence-electron chi connectivity index (χ2n) is 3.16. The fourth-order valence-corrected chi connectivity index (χ4v) is 1.30. The standard InChI is InChI=1S/C9H12N4/c1-7-2-4-11-9(6-7)13-5-3-8(10)12-13/h2,4,6H,3,5H2,1H3,(H2,10,12). The lowest BCUT2D eigenvalue weighted by molar-refractivity contribution is 0.894. The van der Waals surface area contributed by atoms with Crippen LogP contribution in [0.4, 0.5) is 5.82 Å². The van der Waals surface area contributed by atoms with Crippen molar-refractivity contribution < 1.29 is 0 Å². The molecule has 13 heavy (non-hydrogen) atoms. The highest BCUT2D eigenvalue weighted by Gasteiger charge is 2.13. The Balaban J connectivity index is 2.26. The van der Waals surface area contributed by atoms with Gasteiger partial charge < -0.3 is 5.73 Å². The van der Waals surface area contributed by atoms with Gasteiger partial charge in [0, 0.05) is 12.6 Å². The molecule has 0 spiro atoms. The number of aryl methyl sites for hydroxylation is 1. The Kier molecular flexibility index (Phi) is 1.88. The van der Waals surface area contributed by atoms with Gasteiger partial charge >= 0.3 is 0 Å². The molecule has 0 saturated heterocycles. The molecule has 68 valence electrons. The zero-order chi connectivity index (χ0) is 9.26. The van der Waals surface area contributed by atoms with Gasteiger partial charge in [-0.2, -0.15) is 5.10 Å². The number of hydrogen-bond donors (Lipinski definition) is 1. The Bertz CT molecular complexity index is 345. The van der Waals surface area contributed by atoms with Gasteiger partial charge in [0.05, 0.1) is 6.54 Å². The van der Waals surface area contributed by atoms with Crippen LogP contribution in [0.5, 0.6) is 0 Å². The Hall–Kier alpha value is -1.58. The fraction of sp³-hybridized carbons (Fsp3) is 0.333. The van der Waals surface area contributed by atoms with Crippen molar-refractivity contribution in [1.29, 1.82) is 0 Å². The maximum Gasteiger partial charge on any atom is 0.149 e. The van der Waals surface area contributed by atoms with Crippen molar-refractivity contribution in [1.82, 2.24) is 4.98 Å². The third-order valence-electron chi connectivity index (χ3n) is 1.99. The summed E-state index contributed by atoms with van der Waals surface area (Å²) in [5.74, 6) is 1.56.